The number of benzene rings is 1. The molecule has 6 heteroatoms. The van der Waals surface area contributed by atoms with Crippen LogP contribution in [0.4, 0.5) is 0 Å². The Morgan fingerprint density at radius 1 is 1.24 bits per heavy atom. The van der Waals surface area contributed by atoms with E-state index in [2.05, 4.69) is 4.98 Å². The fraction of sp³-hybridized carbons (Fsp3) is 0.0909. The minimum absolute atomic E-state index is 0.0578. The lowest BCUT2D eigenvalue weighted by Crippen LogP contribution is -2.21. The highest BCUT2D eigenvalue weighted by molar-refractivity contribution is 6.35. The predicted octanol–water partition coefficient (Wildman–Crippen LogP) is 3.25. The van der Waals surface area contributed by atoms with Crippen LogP contribution in [-0.2, 0) is 6.54 Å². The zero-order valence-corrected chi connectivity index (χ0v) is 10.8. The minimum Gasteiger partial charge on any atom is -0.307 e. The fourth-order valence-electron chi connectivity index (χ4n) is 1.38. The molecule has 0 saturated carbocycles. The smallest absolute Gasteiger partial charge is 0.288 e. The summed E-state index contributed by atoms with van der Waals surface area (Å²) in [5.41, 5.74) is 0.445. The van der Waals surface area contributed by atoms with Crippen molar-refractivity contribution >= 4 is 34.8 Å². The normalized spacial score (nSPS) is 10.5. The third-order valence-electron chi connectivity index (χ3n) is 2.23. The maximum absolute atomic E-state index is 11.7. The summed E-state index contributed by atoms with van der Waals surface area (Å²) in [5.74, 6) is 0. The summed E-state index contributed by atoms with van der Waals surface area (Å²) in [5, 5.41) is 1.01. The number of nitrogens with zero attached hydrogens (tertiary/aromatic N) is 2. The van der Waals surface area contributed by atoms with Gasteiger partial charge in [0.2, 0.25) is 0 Å². The molecule has 0 saturated heterocycles. The Kier molecular flexibility index (Phi) is 3.72. The molecule has 2 rings (SSSR count). The second kappa shape index (κ2) is 5.08. The Balaban J connectivity index is 2.38. The van der Waals surface area contributed by atoms with E-state index in [1.54, 1.807) is 24.4 Å². The summed E-state index contributed by atoms with van der Waals surface area (Å²) in [6.45, 7) is 0.330. The van der Waals surface area contributed by atoms with Gasteiger partial charge in [-0.1, -0.05) is 40.9 Å². The molecule has 0 amide bonds. The monoisotopic (exact) mass is 288 g/mol. The molecule has 0 unspecified atom stereocenters. The van der Waals surface area contributed by atoms with Crippen molar-refractivity contribution in [2.24, 2.45) is 0 Å². The van der Waals surface area contributed by atoms with Gasteiger partial charge in [-0.15, -0.1) is 0 Å². The van der Waals surface area contributed by atoms with Crippen molar-refractivity contribution in [2.75, 3.05) is 0 Å². The minimum atomic E-state index is -0.347. The van der Waals surface area contributed by atoms with Crippen molar-refractivity contribution in [1.82, 2.24) is 9.55 Å². The van der Waals surface area contributed by atoms with Crippen LogP contribution in [0.15, 0.2) is 35.4 Å². The van der Waals surface area contributed by atoms with E-state index in [0.717, 1.165) is 5.56 Å². The van der Waals surface area contributed by atoms with Crippen molar-refractivity contribution in [1.29, 1.82) is 0 Å². The van der Waals surface area contributed by atoms with E-state index in [1.165, 1.54) is 10.8 Å². The average molecular weight is 290 g/mol. The largest absolute Gasteiger partial charge is 0.307 e. The highest BCUT2D eigenvalue weighted by Gasteiger charge is 2.05. The fourth-order valence-corrected chi connectivity index (χ4v) is 2.01. The van der Waals surface area contributed by atoms with Crippen molar-refractivity contribution < 1.29 is 0 Å². The van der Waals surface area contributed by atoms with Crippen molar-refractivity contribution in [3.63, 3.8) is 0 Å². The van der Waals surface area contributed by atoms with E-state index in [1.807, 2.05) is 0 Å². The summed E-state index contributed by atoms with van der Waals surface area (Å²) in [6.07, 6.45) is 3.02. The molecule has 0 aliphatic rings. The number of rotatable bonds is 2. The lowest BCUT2D eigenvalue weighted by atomic mass is 10.2. The molecule has 0 atom stereocenters. The molecule has 0 spiro atoms. The first-order valence-corrected chi connectivity index (χ1v) is 5.86. The first-order chi connectivity index (χ1) is 8.08. The van der Waals surface area contributed by atoms with Crippen molar-refractivity contribution in [2.45, 2.75) is 6.54 Å². The number of halogens is 3. The topological polar surface area (TPSA) is 34.9 Å². The van der Waals surface area contributed by atoms with Crippen LogP contribution < -0.4 is 5.56 Å². The molecule has 3 nitrogen and oxygen atoms in total. The van der Waals surface area contributed by atoms with E-state index in [-0.39, 0.29) is 10.7 Å². The lowest BCUT2D eigenvalue weighted by molar-refractivity contribution is 0.748. The number of hydrogen-bond acceptors (Lipinski definition) is 2. The van der Waals surface area contributed by atoms with E-state index in [4.69, 9.17) is 34.8 Å². The average Bonchev–Trinajstić information content (AvgIpc) is 2.28. The van der Waals surface area contributed by atoms with Gasteiger partial charge in [-0.2, -0.15) is 0 Å². The van der Waals surface area contributed by atoms with Gasteiger partial charge in [-0.3, -0.25) is 4.79 Å². The maximum Gasteiger partial charge on any atom is 0.288 e. The van der Waals surface area contributed by atoms with E-state index >= 15 is 0 Å². The third-order valence-corrected chi connectivity index (χ3v) is 3.07. The second-order valence-electron chi connectivity index (χ2n) is 3.39. The summed E-state index contributed by atoms with van der Waals surface area (Å²) >= 11 is 17.5. The van der Waals surface area contributed by atoms with Gasteiger partial charge >= 0.3 is 0 Å². The number of aromatic nitrogens is 2. The van der Waals surface area contributed by atoms with Gasteiger partial charge in [0.25, 0.3) is 5.56 Å². The van der Waals surface area contributed by atoms with Crippen LogP contribution in [0.3, 0.4) is 0 Å². The highest BCUT2D eigenvalue weighted by Crippen LogP contribution is 2.21. The van der Waals surface area contributed by atoms with Crippen LogP contribution in [0, 0.1) is 0 Å². The molecule has 0 bridgehead atoms. The molecule has 0 aliphatic heterocycles. The highest BCUT2D eigenvalue weighted by atomic mass is 35.5. The maximum atomic E-state index is 11.7. The van der Waals surface area contributed by atoms with Crippen LogP contribution in [0.25, 0.3) is 0 Å². The molecule has 0 aliphatic carbocycles. The quantitative estimate of drug-likeness (QED) is 0.850. The zero-order valence-electron chi connectivity index (χ0n) is 8.53. The predicted molar refractivity (Wildman–Crippen MR) is 69.1 cm³/mol. The Morgan fingerprint density at radius 2 is 2.00 bits per heavy atom. The zero-order chi connectivity index (χ0) is 12.4. The van der Waals surface area contributed by atoms with E-state index in [0.29, 0.717) is 16.6 Å². The number of hydrogen-bond donors (Lipinski definition) is 0. The van der Waals surface area contributed by atoms with Crippen LogP contribution in [0.1, 0.15) is 5.56 Å². The van der Waals surface area contributed by atoms with Gasteiger partial charge in [0.1, 0.15) is 0 Å². The summed E-state index contributed by atoms with van der Waals surface area (Å²) in [7, 11) is 0. The molecule has 1 aromatic heterocycles. The summed E-state index contributed by atoms with van der Waals surface area (Å²) in [4.78, 5) is 15.3. The van der Waals surface area contributed by atoms with Crippen LogP contribution in [-0.4, -0.2) is 9.55 Å². The first-order valence-electron chi connectivity index (χ1n) is 4.73. The Labute approximate surface area is 113 Å². The van der Waals surface area contributed by atoms with Crippen molar-refractivity contribution in [3.8, 4) is 0 Å². The standard InChI is InChI=1S/C11H7Cl3N2O/c12-8-2-1-7(9(13)5-8)6-16-4-3-15-10(14)11(16)17/h1-5H,6H2. The molecular weight excluding hydrogens is 282 g/mol. The second-order valence-corrected chi connectivity index (χ2v) is 4.59. The van der Waals surface area contributed by atoms with Gasteiger partial charge in [0.05, 0.1) is 6.54 Å². The van der Waals surface area contributed by atoms with Gasteiger partial charge < -0.3 is 4.57 Å². The Hall–Kier alpha value is -1.03. The molecule has 0 N–H and O–H groups in total. The van der Waals surface area contributed by atoms with Crippen LogP contribution >= 0.6 is 34.8 Å². The molecule has 2 aromatic rings. The van der Waals surface area contributed by atoms with Gasteiger partial charge in [-0.25, -0.2) is 4.98 Å². The molecule has 88 valence electrons. The summed E-state index contributed by atoms with van der Waals surface area (Å²) in [6, 6.07) is 5.12. The van der Waals surface area contributed by atoms with Gasteiger partial charge in [-0.05, 0) is 17.7 Å². The molecular formula is C11H7Cl3N2O. The molecule has 1 aromatic carbocycles. The van der Waals surface area contributed by atoms with Crippen molar-refractivity contribution in [3.05, 3.63) is 61.7 Å². The molecule has 17 heavy (non-hydrogen) atoms. The van der Waals surface area contributed by atoms with E-state index in [9.17, 15) is 4.79 Å². The SMILES string of the molecule is O=c1c(Cl)nccn1Cc1ccc(Cl)cc1Cl. The Bertz CT molecular complexity index is 610. The molecule has 0 radical (unpaired) electrons. The lowest BCUT2D eigenvalue weighted by Gasteiger charge is -2.07. The van der Waals surface area contributed by atoms with Crippen LogP contribution in [0.5, 0.6) is 0 Å². The van der Waals surface area contributed by atoms with Gasteiger partial charge in [0, 0.05) is 22.4 Å². The molecule has 0 fully saturated rings. The summed E-state index contributed by atoms with van der Waals surface area (Å²) < 4.78 is 1.43. The van der Waals surface area contributed by atoms with Crippen LogP contribution in [0.2, 0.25) is 15.2 Å². The first kappa shape index (κ1) is 12.4. The Morgan fingerprint density at radius 3 is 2.71 bits per heavy atom. The van der Waals surface area contributed by atoms with E-state index < -0.39 is 0 Å². The molecule has 1 heterocycles. The third kappa shape index (κ3) is 2.80. The van der Waals surface area contributed by atoms with Gasteiger partial charge in [0.15, 0.2) is 5.15 Å².